The standard InChI is InChI=1S/C28H29FN4S/c1-19-7-12-23-24(17-19)34-28-26(23)27(30-25(31-28)18-20-5-3-2-4-6-20)33-15-13-32(14-16-33)22-10-8-21(29)9-11-22/h2-6,8-11,19H,7,12-18H2,1H3/t19-/m0/s1. The number of nitrogens with zero attached hydrogens (tertiary/aromatic N) is 4. The van der Waals surface area contributed by atoms with Gasteiger partial charge in [-0.2, -0.15) is 0 Å². The molecule has 6 heteroatoms. The summed E-state index contributed by atoms with van der Waals surface area (Å²) in [6.07, 6.45) is 4.27. The molecule has 0 unspecified atom stereocenters. The van der Waals surface area contributed by atoms with Crippen LogP contribution in [0.3, 0.4) is 0 Å². The van der Waals surface area contributed by atoms with Gasteiger partial charge in [0, 0.05) is 43.2 Å². The van der Waals surface area contributed by atoms with Crippen LogP contribution >= 0.6 is 11.3 Å². The zero-order chi connectivity index (χ0) is 23.1. The highest BCUT2D eigenvalue weighted by molar-refractivity contribution is 7.19. The number of anilines is 2. The lowest BCUT2D eigenvalue weighted by atomic mass is 9.89. The fraction of sp³-hybridized carbons (Fsp3) is 0.357. The molecule has 1 aliphatic heterocycles. The number of piperazine rings is 1. The Morgan fingerprint density at radius 1 is 0.941 bits per heavy atom. The lowest BCUT2D eigenvalue weighted by molar-refractivity contribution is 0.509. The van der Waals surface area contributed by atoms with Crippen molar-refractivity contribution in [2.45, 2.75) is 32.6 Å². The van der Waals surface area contributed by atoms with E-state index in [2.05, 4.69) is 41.0 Å². The van der Waals surface area contributed by atoms with Crippen LogP contribution < -0.4 is 9.80 Å². The largest absolute Gasteiger partial charge is 0.368 e. The number of aryl methyl sites for hydroxylation is 1. The molecule has 174 valence electrons. The molecule has 6 rings (SSSR count). The Hall–Kier alpha value is -2.99. The normalized spacial score (nSPS) is 18.4. The van der Waals surface area contributed by atoms with Crippen molar-refractivity contribution in [1.29, 1.82) is 0 Å². The lowest BCUT2D eigenvalue weighted by Crippen LogP contribution is -2.47. The first-order valence-electron chi connectivity index (χ1n) is 12.2. The van der Waals surface area contributed by atoms with Crippen molar-refractivity contribution in [3.05, 3.63) is 82.2 Å². The maximum atomic E-state index is 13.4. The van der Waals surface area contributed by atoms with Crippen LogP contribution in [0.4, 0.5) is 15.9 Å². The van der Waals surface area contributed by atoms with E-state index in [1.54, 1.807) is 12.1 Å². The van der Waals surface area contributed by atoms with Gasteiger partial charge in [0.05, 0.1) is 5.39 Å². The van der Waals surface area contributed by atoms with Gasteiger partial charge in [0.25, 0.3) is 0 Å². The number of benzene rings is 2. The molecule has 1 saturated heterocycles. The molecule has 0 amide bonds. The van der Waals surface area contributed by atoms with Gasteiger partial charge in [-0.05, 0) is 60.6 Å². The van der Waals surface area contributed by atoms with Crippen LogP contribution in [0.1, 0.15) is 35.2 Å². The second-order valence-electron chi connectivity index (χ2n) is 9.61. The van der Waals surface area contributed by atoms with Gasteiger partial charge in [0.15, 0.2) is 0 Å². The minimum Gasteiger partial charge on any atom is -0.368 e. The highest BCUT2D eigenvalue weighted by Crippen LogP contribution is 2.41. The summed E-state index contributed by atoms with van der Waals surface area (Å²) in [5.41, 5.74) is 3.81. The predicted molar refractivity (Wildman–Crippen MR) is 139 cm³/mol. The van der Waals surface area contributed by atoms with E-state index >= 15 is 0 Å². The van der Waals surface area contributed by atoms with Crippen LogP contribution in [0.15, 0.2) is 54.6 Å². The molecule has 0 radical (unpaired) electrons. The Morgan fingerprint density at radius 2 is 1.68 bits per heavy atom. The lowest BCUT2D eigenvalue weighted by Gasteiger charge is -2.37. The molecule has 0 N–H and O–H groups in total. The van der Waals surface area contributed by atoms with Crippen LogP contribution in [0.2, 0.25) is 0 Å². The molecular formula is C28H29FN4S. The predicted octanol–water partition coefficient (Wildman–Crippen LogP) is 5.87. The second-order valence-corrected chi connectivity index (χ2v) is 10.7. The number of halogens is 1. The second kappa shape index (κ2) is 8.99. The Labute approximate surface area is 204 Å². The number of hydrogen-bond donors (Lipinski definition) is 0. The van der Waals surface area contributed by atoms with Crippen LogP contribution in [0.25, 0.3) is 10.2 Å². The molecule has 0 spiro atoms. The molecule has 2 aromatic carbocycles. The summed E-state index contributed by atoms with van der Waals surface area (Å²) in [6.45, 7) is 5.95. The molecule has 4 nitrogen and oxygen atoms in total. The Bertz CT molecular complexity index is 1290. The van der Waals surface area contributed by atoms with E-state index < -0.39 is 0 Å². The van der Waals surface area contributed by atoms with Crippen LogP contribution in [-0.2, 0) is 19.3 Å². The summed E-state index contributed by atoms with van der Waals surface area (Å²) in [6, 6.07) is 17.3. The van der Waals surface area contributed by atoms with Crippen molar-refractivity contribution in [2.24, 2.45) is 5.92 Å². The molecule has 2 aliphatic rings. The minimum atomic E-state index is -0.187. The maximum absolute atomic E-state index is 13.4. The van der Waals surface area contributed by atoms with Gasteiger partial charge in [0.1, 0.15) is 22.3 Å². The highest BCUT2D eigenvalue weighted by atomic mass is 32.1. The molecule has 3 heterocycles. The van der Waals surface area contributed by atoms with Gasteiger partial charge < -0.3 is 9.80 Å². The van der Waals surface area contributed by atoms with Crippen molar-refractivity contribution in [1.82, 2.24) is 9.97 Å². The molecule has 1 fully saturated rings. The zero-order valence-corrected chi connectivity index (χ0v) is 20.3. The average molecular weight is 473 g/mol. The first-order valence-corrected chi connectivity index (χ1v) is 13.1. The molecule has 2 aromatic heterocycles. The zero-order valence-electron chi connectivity index (χ0n) is 19.5. The molecule has 0 bridgehead atoms. The Morgan fingerprint density at radius 3 is 2.44 bits per heavy atom. The summed E-state index contributed by atoms with van der Waals surface area (Å²) in [7, 11) is 0. The average Bonchev–Trinajstić information content (AvgIpc) is 3.22. The van der Waals surface area contributed by atoms with Crippen LogP contribution in [0, 0.1) is 11.7 Å². The van der Waals surface area contributed by atoms with Gasteiger partial charge in [-0.15, -0.1) is 11.3 Å². The van der Waals surface area contributed by atoms with Crippen LogP contribution in [-0.4, -0.2) is 36.1 Å². The molecule has 0 saturated carbocycles. The topological polar surface area (TPSA) is 32.3 Å². The fourth-order valence-electron chi connectivity index (χ4n) is 5.28. The van der Waals surface area contributed by atoms with Crippen molar-refractivity contribution in [3.63, 3.8) is 0 Å². The Kier molecular flexibility index (Phi) is 5.69. The third-order valence-corrected chi connectivity index (χ3v) is 8.31. The number of aromatic nitrogens is 2. The van der Waals surface area contributed by atoms with Crippen LogP contribution in [0.5, 0.6) is 0 Å². The summed E-state index contributed by atoms with van der Waals surface area (Å²) in [5.74, 6) is 2.57. The van der Waals surface area contributed by atoms with Crippen molar-refractivity contribution < 1.29 is 4.39 Å². The van der Waals surface area contributed by atoms with Gasteiger partial charge in [-0.25, -0.2) is 14.4 Å². The van der Waals surface area contributed by atoms with Crippen molar-refractivity contribution in [3.8, 4) is 0 Å². The SMILES string of the molecule is C[C@H]1CCc2c(sc3nc(Cc4ccccc4)nc(N4CCN(c5ccc(F)cc5)CC4)c23)C1. The monoisotopic (exact) mass is 472 g/mol. The first-order chi connectivity index (χ1) is 16.6. The molecular weight excluding hydrogens is 443 g/mol. The van der Waals surface area contributed by atoms with E-state index in [4.69, 9.17) is 9.97 Å². The molecule has 1 aliphatic carbocycles. The van der Waals surface area contributed by atoms with E-state index in [1.165, 1.54) is 27.8 Å². The van der Waals surface area contributed by atoms with Gasteiger partial charge in [-0.3, -0.25) is 0 Å². The van der Waals surface area contributed by atoms with E-state index in [0.29, 0.717) is 0 Å². The minimum absolute atomic E-state index is 0.187. The molecule has 4 aromatic rings. The quantitative estimate of drug-likeness (QED) is 0.372. The van der Waals surface area contributed by atoms with E-state index in [0.717, 1.165) is 73.5 Å². The highest BCUT2D eigenvalue weighted by Gasteiger charge is 2.27. The summed E-state index contributed by atoms with van der Waals surface area (Å²) < 4.78 is 13.4. The van der Waals surface area contributed by atoms with Gasteiger partial charge in [0.2, 0.25) is 0 Å². The summed E-state index contributed by atoms with van der Waals surface area (Å²) in [4.78, 5) is 17.7. The maximum Gasteiger partial charge on any atom is 0.141 e. The summed E-state index contributed by atoms with van der Waals surface area (Å²) >= 11 is 1.88. The molecule has 1 atom stereocenters. The van der Waals surface area contributed by atoms with Gasteiger partial charge >= 0.3 is 0 Å². The first kappa shape index (κ1) is 21.5. The number of rotatable bonds is 4. The van der Waals surface area contributed by atoms with Crippen molar-refractivity contribution >= 4 is 33.1 Å². The van der Waals surface area contributed by atoms with E-state index in [-0.39, 0.29) is 5.82 Å². The number of fused-ring (bicyclic) bond motifs is 3. The fourth-order valence-corrected chi connectivity index (χ4v) is 6.68. The number of thiophene rings is 1. The Balaban J connectivity index is 1.34. The van der Waals surface area contributed by atoms with Crippen molar-refractivity contribution in [2.75, 3.05) is 36.0 Å². The van der Waals surface area contributed by atoms with Gasteiger partial charge in [-0.1, -0.05) is 37.3 Å². The van der Waals surface area contributed by atoms with E-state index in [9.17, 15) is 4.39 Å². The summed E-state index contributed by atoms with van der Waals surface area (Å²) in [5, 5.41) is 1.29. The smallest absolute Gasteiger partial charge is 0.141 e. The molecule has 34 heavy (non-hydrogen) atoms. The third-order valence-electron chi connectivity index (χ3n) is 7.16. The third kappa shape index (κ3) is 4.16. The van der Waals surface area contributed by atoms with E-state index in [1.807, 2.05) is 29.5 Å². The number of hydrogen-bond acceptors (Lipinski definition) is 5.